The molecule has 7 nitrogen and oxygen atoms in total. The minimum atomic E-state index is -0.826. The highest BCUT2D eigenvalue weighted by atomic mass is 16.4. The summed E-state index contributed by atoms with van der Waals surface area (Å²) in [6.07, 6.45) is 5.48. The number of amides is 2. The summed E-state index contributed by atoms with van der Waals surface area (Å²) in [4.78, 5) is 31.4. The highest BCUT2D eigenvalue weighted by Crippen LogP contribution is 2.40. The summed E-state index contributed by atoms with van der Waals surface area (Å²) in [7, 11) is 1.64. The molecule has 0 unspecified atom stereocenters. The Morgan fingerprint density at radius 1 is 1.58 bits per heavy atom. The van der Waals surface area contributed by atoms with E-state index in [2.05, 4.69) is 15.3 Å². The van der Waals surface area contributed by atoms with Gasteiger partial charge in [0.2, 0.25) is 0 Å². The van der Waals surface area contributed by atoms with Crippen LogP contribution in [0.4, 0.5) is 4.79 Å². The number of carboxylic acid groups (broad SMARTS) is 1. The number of aromatic amines is 1. The lowest BCUT2D eigenvalue weighted by molar-refractivity contribution is -0.153. The van der Waals surface area contributed by atoms with Gasteiger partial charge in [0.25, 0.3) is 0 Å². The molecule has 0 aromatic carbocycles. The lowest BCUT2D eigenvalue weighted by atomic mass is 9.69. The first-order chi connectivity index (χ1) is 9.03. The van der Waals surface area contributed by atoms with Crippen LogP contribution in [0.3, 0.4) is 0 Å². The van der Waals surface area contributed by atoms with Crippen LogP contribution < -0.4 is 5.32 Å². The van der Waals surface area contributed by atoms with Crippen LogP contribution in [0.2, 0.25) is 0 Å². The third-order valence-electron chi connectivity index (χ3n) is 3.63. The number of rotatable bonds is 5. The molecular weight excluding hydrogens is 248 g/mol. The normalized spacial score (nSPS) is 16.5. The zero-order chi connectivity index (χ0) is 13.9. The average molecular weight is 266 g/mol. The third kappa shape index (κ3) is 2.86. The molecule has 2 amide bonds. The maximum absolute atomic E-state index is 11.9. The Balaban J connectivity index is 1.82. The van der Waals surface area contributed by atoms with Crippen LogP contribution >= 0.6 is 0 Å². The monoisotopic (exact) mass is 266 g/mol. The van der Waals surface area contributed by atoms with Crippen molar-refractivity contribution in [3.63, 3.8) is 0 Å². The Morgan fingerprint density at radius 3 is 2.79 bits per heavy atom. The van der Waals surface area contributed by atoms with Crippen molar-refractivity contribution in [1.82, 2.24) is 20.2 Å². The summed E-state index contributed by atoms with van der Waals surface area (Å²) in [5, 5.41) is 11.8. The van der Waals surface area contributed by atoms with Gasteiger partial charge in [0.15, 0.2) is 0 Å². The van der Waals surface area contributed by atoms with E-state index in [0.717, 1.165) is 6.42 Å². The first-order valence-electron chi connectivity index (χ1n) is 6.24. The lowest BCUT2D eigenvalue weighted by Crippen LogP contribution is -2.49. The number of carbonyl (C=O) groups is 2. The minimum absolute atomic E-state index is 0.184. The van der Waals surface area contributed by atoms with Gasteiger partial charge in [-0.3, -0.25) is 4.79 Å². The van der Waals surface area contributed by atoms with Gasteiger partial charge in [-0.1, -0.05) is 6.42 Å². The number of carbonyl (C=O) groups excluding carboxylic acids is 1. The van der Waals surface area contributed by atoms with E-state index in [0.29, 0.717) is 25.2 Å². The van der Waals surface area contributed by atoms with Crippen LogP contribution in [-0.2, 0) is 11.3 Å². The second-order valence-corrected chi connectivity index (χ2v) is 4.99. The Labute approximate surface area is 111 Å². The van der Waals surface area contributed by atoms with Gasteiger partial charge in [0, 0.05) is 26.0 Å². The molecule has 1 saturated carbocycles. The topological polar surface area (TPSA) is 98.3 Å². The van der Waals surface area contributed by atoms with Crippen molar-refractivity contribution in [1.29, 1.82) is 0 Å². The van der Waals surface area contributed by atoms with Gasteiger partial charge in [-0.25, -0.2) is 9.78 Å². The fraction of sp³-hybridized carbons (Fsp3) is 0.583. The van der Waals surface area contributed by atoms with Gasteiger partial charge in [-0.2, -0.15) is 0 Å². The van der Waals surface area contributed by atoms with Crippen molar-refractivity contribution in [3.05, 3.63) is 18.2 Å². The number of carboxylic acids is 1. The van der Waals surface area contributed by atoms with Crippen LogP contribution in [0.1, 0.15) is 25.1 Å². The zero-order valence-electron chi connectivity index (χ0n) is 10.8. The summed E-state index contributed by atoms with van der Waals surface area (Å²) in [5.74, 6) is -0.137. The maximum Gasteiger partial charge on any atom is 0.317 e. The highest BCUT2D eigenvalue weighted by molar-refractivity contribution is 5.78. The molecule has 1 aliphatic carbocycles. The molecule has 1 heterocycles. The highest BCUT2D eigenvalue weighted by Gasteiger charge is 2.44. The first kappa shape index (κ1) is 13.4. The molecule has 2 rings (SSSR count). The predicted molar refractivity (Wildman–Crippen MR) is 67.4 cm³/mol. The first-order valence-corrected chi connectivity index (χ1v) is 6.24. The van der Waals surface area contributed by atoms with Crippen molar-refractivity contribution < 1.29 is 14.7 Å². The molecule has 0 bridgehead atoms. The Bertz CT molecular complexity index is 454. The van der Waals surface area contributed by atoms with Crippen LogP contribution in [0.15, 0.2) is 12.4 Å². The molecule has 0 radical (unpaired) electrons. The summed E-state index contributed by atoms with van der Waals surface area (Å²) < 4.78 is 0. The molecule has 3 N–H and O–H groups in total. The van der Waals surface area contributed by atoms with Crippen molar-refractivity contribution in [2.75, 3.05) is 13.6 Å². The molecule has 1 fully saturated rings. The third-order valence-corrected chi connectivity index (χ3v) is 3.63. The molecule has 0 spiro atoms. The summed E-state index contributed by atoms with van der Waals surface area (Å²) >= 11 is 0. The SMILES string of the molecule is CN(Cc1ncc[nH]1)C(=O)NCC1(C(=O)O)CCC1. The number of hydrogen-bond donors (Lipinski definition) is 3. The zero-order valence-corrected chi connectivity index (χ0v) is 10.8. The van der Waals surface area contributed by atoms with E-state index in [1.165, 1.54) is 4.90 Å². The molecular formula is C12H18N4O3. The van der Waals surface area contributed by atoms with Crippen LogP contribution in [0.5, 0.6) is 0 Å². The fourth-order valence-corrected chi connectivity index (χ4v) is 2.13. The Hall–Kier alpha value is -2.05. The van der Waals surface area contributed by atoms with Crippen molar-refractivity contribution in [3.8, 4) is 0 Å². The van der Waals surface area contributed by atoms with Crippen LogP contribution in [0, 0.1) is 5.41 Å². The molecule has 19 heavy (non-hydrogen) atoms. The Morgan fingerprint density at radius 2 is 2.32 bits per heavy atom. The molecule has 1 aliphatic rings. The number of H-pyrrole nitrogens is 1. The molecule has 104 valence electrons. The van der Waals surface area contributed by atoms with Gasteiger partial charge < -0.3 is 20.3 Å². The van der Waals surface area contributed by atoms with E-state index in [4.69, 9.17) is 5.11 Å². The number of nitrogens with zero attached hydrogens (tertiary/aromatic N) is 2. The van der Waals surface area contributed by atoms with Crippen LogP contribution in [-0.4, -0.2) is 45.6 Å². The van der Waals surface area contributed by atoms with Crippen LogP contribution in [0.25, 0.3) is 0 Å². The maximum atomic E-state index is 11.9. The van der Waals surface area contributed by atoms with Gasteiger partial charge >= 0.3 is 12.0 Å². The van der Waals surface area contributed by atoms with E-state index < -0.39 is 11.4 Å². The smallest absolute Gasteiger partial charge is 0.317 e. The minimum Gasteiger partial charge on any atom is -0.481 e. The van der Waals surface area contributed by atoms with Crippen molar-refractivity contribution in [2.45, 2.75) is 25.8 Å². The van der Waals surface area contributed by atoms with Crippen molar-refractivity contribution >= 4 is 12.0 Å². The largest absolute Gasteiger partial charge is 0.481 e. The van der Waals surface area contributed by atoms with Gasteiger partial charge in [0.1, 0.15) is 5.82 Å². The summed E-state index contributed by atoms with van der Waals surface area (Å²) in [5.41, 5.74) is -0.763. The lowest BCUT2D eigenvalue weighted by Gasteiger charge is -2.37. The standard InChI is InChI=1S/C12H18N4O3/c1-16(7-9-13-5-6-14-9)11(19)15-8-12(10(17)18)3-2-4-12/h5-6H,2-4,7-8H2,1H3,(H,13,14)(H,15,19)(H,17,18). The summed E-state index contributed by atoms with van der Waals surface area (Å²) in [6.45, 7) is 0.544. The number of imidazole rings is 1. The fourth-order valence-electron chi connectivity index (χ4n) is 2.13. The molecule has 0 aliphatic heterocycles. The predicted octanol–water partition coefficient (Wildman–Crippen LogP) is 0.806. The van der Waals surface area contributed by atoms with E-state index in [-0.39, 0.29) is 12.6 Å². The molecule has 1 aromatic heterocycles. The summed E-state index contributed by atoms with van der Waals surface area (Å²) in [6, 6.07) is -0.288. The average Bonchev–Trinajstić information content (AvgIpc) is 2.79. The van der Waals surface area contributed by atoms with E-state index in [1.807, 2.05) is 0 Å². The number of urea groups is 1. The van der Waals surface area contributed by atoms with Gasteiger partial charge in [0.05, 0.1) is 12.0 Å². The molecule has 7 heteroatoms. The second kappa shape index (κ2) is 5.29. The number of aliphatic carboxylic acids is 1. The van der Waals surface area contributed by atoms with E-state index >= 15 is 0 Å². The quantitative estimate of drug-likeness (QED) is 0.734. The number of aromatic nitrogens is 2. The molecule has 0 saturated heterocycles. The second-order valence-electron chi connectivity index (χ2n) is 4.99. The van der Waals surface area contributed by atoms with Gasteiger partial charge in [-0.05, 0) is 12.8 Å². The van der Waals surface area contributed by atoms with Gasteiger partial charge in [-0.15, -0.1) is 0 Å². The Kier molecular flexibility index (Phi) is 3.73. The number of nitrogens with one attached hydrogen (secondary N) is 2. The van der Waals surface area contributed by atoms with E-state index in [1.54, 1.807) is 19.4 Å². The molecule has 1 aromatic rings. The van der Waals surface area contributed by atoms with Crippen molar-refractivity contribution in [2.24, 2.45) is 5.41 Å². The van der Waals surface area contributed by atoms with E-state index in [9.17, 15) is 9.59 Å². The molecule has 0 atom stereocenters. The number of hydrogen-bond acceptors (Lipinski definition) is 3.